The lowest BCUT2D eigenvalue weighted by Gasteiger charge is -2.38. The zero-order valence-electron chi connectivity index (χ0n) is 26.9. The van der Waals surface area contributed by atoms with Crippen molar-refractivity contribution in [1.82, 2.24) is 15.1 Å². The van der Waals surface area contributed by atoms with Gasteiger partial charge in [-0.05, 0) is 98.1 Å². The fraction of sp³-hybridized carbons (Fsp3) is 0.270. The summed E-state index contributed by atoms with van der Waals surface area (Å²) in [6, 6.07) is 27.8. The molecule has 1 atom stereocenters. The molecular weight excluding hydrogens is 750 g/mol. The van der Waals surface area contributed by atoms with Gasteiger partial charge in [0, 0.05) is 53.3 Å². The summed E-state index contributed by atoms with van der Waals surface area (Å²) in [5.74, 6) is -0.345. The number of hydrogen-bond acceptors (Lipinski definition) is 5. The summed E-state index contributed by atoms with van der Waals surface area (Å²) < 4.78 is 1.39. The Bertz CT molecular complexity index is 1790. The molecule has 1 fully saturated rings. The highest BCUT2D eigenvalue weighted by molar-refractivity contribution is 9.11. The summed E-state index contributed by atoms with van der Waals surface area (Å²) in [5.41, 5.74) is 12.0. The molecule has 4 aromatic rings. The Labute approximate surface area is 303 Å². The highest BCUT2D eigenvalue weighted by atomic mass is 79.9. The minimum atomic E-state index is -0.885. The Kier molecular flexibility index (Phi) is 11.0. The van der Waals surface area contributed by atoms with Crippen LogP contribution in [-0.4, -0.2) is 59.5 Å². The van der Waals surface area contributed by atoms with Gasteiger partial charge in [0.15, 0.2) is 0 Å². The van der Waals surface area contributed by atoms with Crippen LogP contribution >= 0.6 is 31.9 Å². The number of carbonyl (C=O) groups excluding carboxylic acids is 3. The van der Waals surface area contributed by atoms with E-state index in [9.17, 15) is 14.4 Å². The number of nitrogens with one attached hydrogen (secondary N) is 4. The van der Waals surface area contributed by atoms with Gasteiger partial charge in [-0.25, -0.2) is 9.59 Å². The second-order valence-electron chi connectivity index (χ2n) is 12.3. The summed E-state index contributed by atoms with van der Waals surface area (Å²) in [6.45, 7) is 2.14. The minimum Gasteiger partial charge on any atom is -0.397 e. The number of nitrogens with zero attached hydrogens (tertiary/aromatic N) is 2. The number of halogens is 2. The van der Waals surface area contributed by atoms with Gasteiger partial charge in [0.05, 0.1) is 17.1 Å². The molecule has 0 radical (unpaired) electrons. The summed E-state index contributed by atoms with van der Waals surface area (Å²) in [6.07, 6.45) is 2.30. The Morgan fingerprint density at radius 3 is 2.24 bits per heavy atom. The van der Waals surface area contributed by atoms with E-state index in [0.29, 0.717) is 59.3 Å². The van der Waals surface area contributed by atoms with Crippen LogP contribution in [0.5, 0.6) is 0 Å². The van der Waals surface area contributed by atoms with Gasteiger partial charge in [-0.15, -0.1) is 0 Å². The number of nitrogen functional groups attached to an aromatic ring is 1. The fourth-order valence-electron chi connectivity index (χ4n) is 6.32. The molecule has 5 amide bonds. The van der Waals surface area contributed by atoms with Gasteiger partial charge >= 0.3 is 12.1 Å². The Hall–Kier alpha value is -4.55. The van der Waals surface area contributed by atoms with E-state index in [2.05, 4.69) is 53.1 Å². The number of carbonyl (C=O) groups is 3. The third-order valence-corrected chi connectivity index (χ3v) is 10.4. The molecule has 0 saturated carbocycles. The van der Waals surface area contributed by atoms with Crippen molar-refractivity contribution in [2.24, 2.45) is 0 Å². The lowest BCUT2D eigenvalue weighted by molar-refractivity contribution is -0.118. The van der Waals surface area contributed by atoms with Crippen LogP contribution in [0.1, 0.15) is 29.5 Å². The quantitative estimate of drug-likeness (QED) is 0.114. The molecule has 0 aromatic heterocycles. The lowest BCUT2D eigenvalue weighted by atomic mass is 10.0. The highest BCUT2D eigenvalue weighted by Crippen LogP contribution is 2.31. The van der Waals surface area contributed by atoms with Gasteiger partial charge in [0.25, 0.3) is 0 Å². The van der Waals surface area contributed by atoms with E-state index < -0.39 is 6.04 Å². The summed E-state index contributed by atoms with van der Waals surface area (Å²) >= 11 is 7.00. The van der Waals surface area contributed by atoms with E-state index >= 15 is 0 Å². The lowest BCUT2D eigenvalue weighted by Crippen LogP contribution is -2.55. The van der Waals surface area contributed by atoms with Crippen molar-refractivity contribution in [3.63, 3.8) is 0 Å². The molecule has 2 aliphatic rings. The van der Waals surface area contributed by atoms with E-state index in [1.165, 1.54) is 0 Å². The first-order chi connectivity index (χ1) is 23.7. The van der Waals surface area contributed by atoms with Crippen molar-refractivity contribution in [1.29, 1.82) is 0 Å². The first-order valence-corrected chi connectivity index (χ1v) is 18.0. The molecule has 0 aliphatic carbocycles. The first-order valence-electron chi connectivity index (χ1n) is 16.4. The second kappa shape index (κ2) is 15.8. The van der Waals surface area contributed by atoms with Gasteiger partial charge < -0.3 is 36.8 Å². The number of urea groups is 2. The topological polar surface area (TPSA) is 132 Å². The van der Waals surface area contributed by atoms with Crippen molar-refractivity contribution in [2.45, 2.75) is 44.3 Å². The first kappa shape index (κ1) is 34.3. The average molecular weight is 790 g/mol. The van der Waals surface area contributed by atoms with Crippen LogP contribution in [0.25, 0.3) is 0 Å². The van der Waals surface area contributed by atoms with Gasteiger partial charge in [0.1, 0.15) is 6.04 Å². The molecule has 4 aromatic carbocycles. The standard InChI is InChI=1S/C37H39Br2N7O3/c38-28-20-25(21-29(39)34(28)40)22-33(35(47)42-32-13-7-6-12-31(32)41-23-24-8-2-1-3-9-24)44-36(48)45-17-15-27(16-18-45)46-19-14-26-10-4-5-11-30(26)43-37(46)49/h1-13,20-21,27,33,41H,14-19,22-23,40H2,(H,42,47)(H,43,49)(H,44,48)/t33-/m1/s1. The van der Waals surface area contributed by atoms with E-state index in [0.717, 1.165) is 34.5 Å². The van der Waals surface area contributed by atoms with Crippen molar-refractivity contribution < 1.29 is 14.4 Å². The zero-order chi connectivity index (χ0) is 34.3. The molecule has 10 nitrogen and oxygen atoms in total. The summed E-state index contributed by atoms with van der Waals surface area (Å²) in [5, 5.41) is 12.5. The third-order valence-electron chi connectivity index (χ3n) is 9.04. The maximum Gasteiger partial charge on any atom is 0.322 e. The van der Waals surface area contributed by atoms with Gasteiger partial charge in [-0.3, -0.25) is 4.79 Å². The number of anilines is 4. The monoisotopic (exact) mass is 787 g/mol. The molecule has 0 bridgehead atoms. The molecular formula is C37H39Br2N7O3. The number of piperidine rings is 1. The van der Waals surface area contributed by atoms with E-state index in [4.69, 9.17) is 5.73 Å². The summed E-state index contributed by atoms with van der Waals surface area (Å²) in [4.78, 5) is 44.4. The van der Waals surface area contributed by atoms with Gasteiger partial charge in [-0.2, -0.15) is 0 Å². The van der Waals surface area contributed by atoms with Crippen molar-refractivity contribution >= 4 is 72.6 Å². The number of rotatable bonds is 9. The molecule has 2 heterocycles. The highest BCUT2D eigenvalue weighted by Gasteiger charge is 2.33. The molecule has 49 heavy (non-hydrogen) atoms. The number of hydrogen-bond donors (Lipinski definition) is 5. The number of para-hydroxylation sites is 3. The number of likely N-dealkylation sites (tertiary alicyclic amines) is 1. The maximum absolute atomic E-state index is 13.9. The Balaban J connectivity index is 1.13. The molecule has 0 spiro atoms. The van der Waals surface area contributed by atoms with E-state index in [1.54, 1.807) is 4.90 Å². The van der Waals surface area contributed by atoms with Crippen LogP contribution in [-0.2, 0) is 24.2 Å². The van der Waals surface area contributed by atoms with Crippen molar-refractivity contribution in [3.05, 3.63) is 117 Å². The maximum atomic E-state index is 13.9. The van der Waals surface area contributed by atoms with E-state index in [1.807, 2.05) is 95.9 Å². The predicted molar refractivity (Wildman–Crippen MR) is 202 cm³/mol. The van der Waals surface area contributed by atoms with Crippen molar-refractivity contribution in [3.8, 4) is 0 Å². The second-order valence-corrected chi connectivity index (χ2v) is 14.0. The summed E-state index contributed by atoms with van der Waals surface area (Å²) in [7, 11) is 0. The predicted octanol–water partition coefficient (Wildman–Crippen LogP) is 7.22. The number of benzene rings is 4. The smallest absolute Gasteiger partial charge is 0.322 e. The van der Waals surface area contributed by atoms with Crippen molar-refractivity contribution in [2.75, 3.05) is 41.3 Å². The molecule has 12 heteroatoms. The molecule has 1 saturated heterocycles. The third kappa shape index (κ3) is 8.55. The average Bonchev–Trinajstić information content (AvgIpc) is 3.28. The van der Waals surface area contributed by atoms with Gasteiger partial charge in [-0.1, -0.05) is 60.7 Å². The van der Waals surface area contributed by atoms with Crippen LogP contribution in [0.4, 0.5) is 32.3 Å². The van der Waals surface area contributed by atoms with Crippen LogP contribution < -0.4 is 27.0 Å². The molecule has 0 unspecified atom stereocenters. The Morgan fingerprint density at radius 2 is 1.51 bits per heavy atom. The van der Waals surface area contributed by atoms with Gasteiger partial charge in [0.2, 0.25) is 5.91 Å². The number of nitrogens with two attached hydrogens (primary N) is 1. The van der Waals surface area contributed by atoms with Crippen LogP contribution in [0.15, 0.2) is 99.9 Å². The van der Waals surface area contributed by atoms with Crippen LogP contribution in [0.3, 0.4) is 0 Å². The SMILES string of the molecule is Nc1c(Br)cc(C[C@@H](NC(=O)N2CCC(N3CCc4ccccc4NC3=O)CC2)C(=O)Nc2ccccc2NCc2ccccc2)cc1Br. The van der Waals surface area contributed by atoms with Crippen LogP contribution in [0.2, 0.25) is 0 Å². The molecule has 254 valence electrons. The Morgan fingerprint density at radius 1 is 0.857 bits per heavy atom. The largest absolute Gasteiger partial charge is 0.397 e. The van der Waals surface area contributed by atoms with Crippen LogP contribution in [0, 0.1) is 0 Å². The number of fused-ring (bicyclic) bond motifs is 1. The minimum absolute atomic E-state index is 0.0156. The molecule has 2 aliphatic heterocycles. The molecule has 6 rings (SSSR count). The van der Waals surface area contributed by atoms with E-state index in [-0.39, 0.29) is 30.4 Å². The molecule has 6 N–H and O–H groups in total. The fourth-order valence-corrected chi connectivity index (χ4v) is 7.60. The normalized spacial score (nSPS) is 15.4. The zero-order valence-corrected chi connectivity index (χ0v) is 30.1. The number of amides is 5.